The Morgan fingerprint density at radius 3 is 2.41 bits per heavy atom. The van der Waals surface area contributed by atoms with Gasteiger partial charge in [0.1, 0.15) is 5.60 Å². The van der Waals surface area contributed by atoms with Crippen LogP contribution in [0.4, 0.5) is 4.79 Å². The number of rotatable bonds is 5. The Labute approximate surface area is 227 Å². The molecule has 1 fully saturated rings. The molecule has 1 atom stereocenters. The van der Waals surface area contributed by atoms with Crippen molar-refractivity contribution in [2.75, 3.05) is 26.0 Å². The average Bonchev–Trinajstić information content (AvgIpc) is 2.92. The topological polar surface area (TPSA) is 85.3 Å². The molecule has 0 saturated carbocycles. The highest BCUT2D eigenvalue weighted by Crippen LogP contribution is 2.42. The van der Waals surface area contributed by atoms with Gasteiger partial charge in [0.2, 0.25) is 0 Å². The molecule has 1 aliphatic heterocycles. The van der Waals surface area contributed by atoms with Crippen LogP contribution in [-0.2, 0) is 19.0 Å². The van der Waals surface area contributed by atoms with Gasteiger partial charge in [0.25, 0.3) is 10.1 Å². The standard InChI is InChI=1S/C26H33ClN2O5S.C2H6/c1-7-28-24-17(2)20(16-33-35(6,31)32)14-19-15-21(27)8-9-22(19)23(24)18-10-12-29(13-11-18)25(30)34-26(3,4)5;1-2/h7-9,14-15,18,23H,1-2,10-13,16H2,3-6H3;1-2H3. The fourth-order valence-corrected chi connectivity index (χ4v) is 5.02. The predicted octanol–water partition coefficient (Wildman–Crippen LogP) is 6.61. The van der Waals surface area contributed by atoms with Crippen molar-refractivity contribution in [1.29, 1.82) is 0 Å². The van der Waals surface area contributed by atoms with Crippen molar-refractivity contribution in [2.45, 2.75) is 59.0 Å². The van der Waals surface area contributed by atoms with E-state index in [1.54, 1.807) is 4.90 Å². The first-order valence-electron chi connectivity index (χ1n) is 12.5. The van der Waals surface area contributed by atoms with E-state index in [9.17, 15) is 13.2 Å². The molecule has 0 spiro atoms. The van der Waals surface area contributed by atoms with Crippen LogP contribution in [0.25, 0.3) is 6.08 Å². The molecule has 0 radical (unpaired) electrons. The maximum Gasteiger partial charge on any atom is 0.410 e. The zero-order valence-electron chi connectivity index (χ0n) is 22.7. The lowest BCUT2D eigenvalue weighted by Crippen LogP contribution is -2.43. The summed E-state index contributed by atoms with van der Waals surface area (Å²) in [4.78, 5) is 18.9. The highest BCUT2D eigenvalue weighted by Gasteiger charge is 2.37. The Bertz CT molecular complexity index is 1170. The number of fused-ring (bicyclic) bond motifs is 1. The highest BCUT2D eigenvalue weighted by atomic mass is 35.5. The zero-order chi connectivity index (χ0) is 28.0. The van der Waals surface area contributed by atoms with E-state index in [4.69, 9.17) is 20.5 Å². The molecule has 1 heterocycles. The second-order valence-electron chi connectivity index (χ2n) is 9.87. The minimum Gasteiger partial charge on any atom is -0.444 e. The zero-order valence-corrected chi connectivity index (χ0v) is 24.3. The third-order valence-corrected chi connectivity index (χ3v) is 6.81. The maximum atomic E-state index is 12.6. The number of benzene rings is 1. The molecule has 0 N–H and O–H groups in total. The fraction of sp³-hybridized carbons (Fsp3) is 0.500. The van der Waals surface area contributed by atoms with E-state index < -0.39 is 15.7 Å². The Kier molecular flexibility index (Phi) is 10.7. The minimum atomic E-state index is -3.65. The summed E-state index contributed by atoms with van der Waals surface area (Å²) in [5.74, 6) is 0.0215. The van der Waals surface area contributed by atoms with Crippen LogP contribution in [0.15, 0.2) is 53.7 Å². The van der Waals surface area contributed by atoms with Crippen molar-refractivity contribution in [3.05, 3.63) is 64.9 Å². The van der Waals surface area contributed by atoms with Crippen LogP contribution >= 0.6 is 11.6 Å². The van der Waals surface area contributed by atoms with Gasteiger partial charge in [0, 0.05) is 30.2 Å². The highest BCUT2D eigenvalue weighted by molar-refractivity contribution is 7.86. The Hall–Kier alpha value is -2.42. The molecular formula is C28H39ClN2O5S. The number of aliphatic imine (C=N–C) groups is 1. The smallest absolute Gasteiger partial charge is 0.410 e. The van der Waals surface area contributed by atoms with Gasteiger partial charge in [-0.2, -0.15) is 8.42 Å². The molecule has 1 aromatic carbocycles. The molecule has 1 aliphatic carbocycles. The third kappa shape index (κ3) is 8.55. The number of likely N-dealkylation sites (tertiary alicyclic amines) is 1. The number of hydrogen-bond donors (Lipinski definition) is 0. The van der Waals surface area contributed by atoms with Crippen molar-refractivity contribution >= 4 is 39.6 Å². The summed E-state index contributed by atoms with van der Waals surface area (Å²) >= 11 is 6.32. The van der Waals surface area contributed by atoms with Gasteiger partial charge in [-0.15, -0.1) is 0 Å². The van der Waals surface area contributed by atoms with Gasteiger partial charge in [-0.25, -0.2) is 4.79 Å². The van der Waals surface area contributed by atoms with Gasteiger partial charge < -0.3 is 9.64 Å². The van der Waals surface area contributed by atoms with Crippen LogP contribution in [0.2, 0.25) is 5.02 Å². The largest absolute Gasteiger partial charge is 0.444 e. The van der Waals surface area contributed by atoms with Crippen LogP contribution in [0.3, 0.4) is 0 Å². The number of ether oxygens (including phenoxy) is 1. The minimum absolute atomic E-state index is 0.138. The number of carbonyl (C=O) groups excluding carboxylic acids is 1. The summed E-state index contributed by atoms with van der Waals surface area (Å²) in [6, 6.07) is 5.67. The van der Waals surface area contributed by atoms with Crippen molar-refractivity contribution in [2.24, 2.45) is 10.9 Å². The lowest BCUT2D eigenvalue weighted by molar-refractivity contribution is 0.0181. The van der Waals surface area contributed by atoms with Gasteiger partial charge in [-0.05, 0) is 80.0 Å². The molecule has 1 saturated heterocycles. The molecule has 1 aromatic rings. The number of carbonyl (C=O) groups is 1. The van der Waals surface area contributed by atoms with E-state index >= 15 is 0 Å². The molecule has 9 heteroatoms. The molecule has 3 rings (SSSR count). The van der Waals surface area contributed by atoms with Crippen LogP contribution < -0.4 is 0 Å². The molecule has 1 unspecified atom stereocenters. The van der Waals surface area contributed by atoms with Crippen LogP contribution in [-0.4, -0.2) is 56.7 Å². The molecule has 2 aliphatic rings. The molecular weight excluding hydrogens is 512 g/mol. The number of nitrogens with zero attached hydrogens (tertiary/aromatic N) is 2. The first-order chi connectivity index (χ1) is 17.3. The Morgan fingerprint density at radius 1 is 1.24 bits per heavy atom. The summed E-state index contributed by atoms with van der Waals surface area (Å²) in [6.45, 7) is 18.6. The maximum absolute atomic E-state index is 12.6. The van der Waals surface area contributed by atoms with Crippen molar-refractivity contribution in [3.63, 3.8) is 0 Å². The first kappa shape index (κ1) is 30.8. The molecule has 7 nitrogen and oxygen atoms in total. The van der Waals surface area contributed by atoms with Gasteiger partial charge >= 0.3 is 6.09 Å². The van der Waals surface area contributed by atoms with Crippen molar-refractivity contribution in [3.8, 4) is 0 Å². The summed E-state index contributed by atoms with van der Waals surface area (Å²) in [5, 5.41) is 0.566. The van der Waals surface area contributed by atoms with E-state index in [-0.39, 0.29) is 24.5 Å². The SMILES string of the molecule is C=CN=C1C(=C)C(COS(C)(=O)=O)=Cc2cc(Cl)ccc2C1C1CCN(C(=O)OC(C)(C)C)CC1.CC. The van der Waals surface area contributed by atoms with Crippen molar-refractivity contribution in [1.82, 2.24) is 4.90 Å². The van der Waals surface area contributed by atoms with Crippen molar-refractivity contribution < 1.29 is 22.1 Å². The van der Waals surface area contributed by atoms with Gasteiger partial charge in [0.05, 0.1) is 18.6 Å². The van der Waals surface area contributed by atoms with E-state index in [1.807, 2.05) is 58.9 Å². The fourth-order valence-electron chi connectivity index (χ4n) is 4.50. The van der Waals surface area contributed by atoms with Crippen LogP contribution in [0, 0.1) is 5.92 Å². The van der Waals surface area contributed by atoms with Gasteiger partial charge in [0.15, 0.2) is 0 Å². The molecule has 0 bridgehead atoms. The summed E-state index contributed by atoms with van der Waals surface area (Å²) < 4.78 is 34.0. The van der Waals surface area contributed by atoms with Crippen LogP contribution in [0.1, 0.15) is 64.5 Å². The number of piperidine rings is 1. The molecule has 37 heavy (non-hydrogen) atoms. The van der Waals surface area contributed by atoms with E-state index in [1.165, 1.54) is 6.20 Å². The lowest BCUT2D eigenvalue weighted by Gasteiger charge is -2.37. The Balaban J connectivity index is 0.00000235. The monoisotopic (exact) mass is 550 g/mol. The summed E-state index contributed by atoms with van der Waals surface area (Å²) in [5.41, 5.74) is 3.24. The molecule has 1 amide bonds. The Morgan fingerprint density at radius 2 is 1.86 bits per heavy atom. The predicted molar refractivity (Wildman–Crippen MR) is 152 cm³/mol. The summed E-state index contributed by atoms with van der Waals surface area (Å²) in [7, 11) is -3.65. The number of halogens is 1. The van der Waals surface area contributed by atoms with Gasteiger partial charge in [-0.3, -0.25) is 9.18 Å². The third-order valence-electron chi connectivity index (χ3n) is 6.03. The quantitative estimate of drug-likeness (QED) is 0.385. The number of amides is 1. The van der Waals surface area contributed by atoms with Crippen LogP contribution in [0.5, 0.6) is 0 Å². The van der Waals surface area contributed by atoms with E-state index in [2.05, 4.69) is 18.2 Å². The first-order valence-corrected chi connectivity index (χ1v) is 14.7. The second-order valence-corrected chi connectivity index (χ2v) is 11.9. The second kappa shape index (κ2) is 12.9. The average molecular weight is 551 g/mol. The summed E-state index contributed by atoms with van der Waals surface area (Å²) in [6.07, 6.45) is 5.52. The van der Waals surface area contributed by atoms with E-state index in [0.29, 0.717) is 35.0 Å². The lowest BCUT2D eigenvalue weighted by atomic mass is 9.75. The molecule has 0 aromatic heterocycles. The van der Waals surface area contributed by atoms with E-state index in [0.717, 1.165) is 30.2 Å². The number of hydrogen-bond acceptors (Lipinski definition) is 6. The molecule has 204 valence electrons. The normalized spacial score (nSPS) is 19.8. The van der Waals surface area contributed by atoms with Gasteiger partial charge in [-0.1, -0.05) is 44.7 Å².